The molecular formula is C34H30N4O3S2. The van der Waals surface area contributed by atoms with E-state index in [0.717, 1.165) is 34.2 Å². The van der Waals surface area contributed by atoms with Crippen LogP contribution in [0.2, 0.25) is 0 Å². The van der Waals surface area contributed by atoms with Gasteiger partial charge in [-0.2, -0.15) is 0 Å². The van der Waals surface area contributed by atoms with Crippen LogP contribution in [-0.4, -0.2) is 37.2 Å². The van der Waals surface area contributed by atoms with Gasteiger partial charge in [0.2, 0.25) is 0 Å². The van der Waals surface area contributed by atoms with Gasteiger partial charge in [0.1, 0.15) is 5.75 Å². The van der Waals surface area contributed by atoms with E-state index in [9.17, 15) is 13.2 Å². The predicted octanol–water partition coefficient (Wildman–Crippen LogP) is 8.23. The lowest BCUT2D eigenvalue weighted by Crippen LogP contribution is -2.25. The number of azide groups is 1. The maximum absolute atomic E-state index is 13.2. The minimum Gasteiger partial charge on any atom is -0.294 e. The Bertz CT molecular complexity index is 1850. The molecule has 0 fully saturated rings. The Morgan fingerprint density at radius 1 is 0.767 bits per heavy atom. The monoisotopic (exact) mass is 606 g/mol. The van der Waals surface area contributed by atoms with Crippen LogP contribution in [0.4, 0.5) is 5.69 Å². The molecule has 43 heavy (non-hydrogen) atoms. The second-order valence-electron chi connectivity index (χ2n) is 10.1. The molecule has 5 rings (SSSR count). The lowest BCUT2D eigenvalue weighted by Gasteiger charge is -2.23. The lowest BCUT2D eigenvalue weighted by atomic mass is 10.0. The van der Waals surface area contributed by atoms with E-state index in [-0.39, 0.29) is 4.90 Å². The number of nitrogens with zero attached hydrogens (tertiary/aromatic N) is 4. The fourth-order valence-corrected chi connectivity index (χ4v) is 7.02. The Kier molecular flexibility index (Phi) is 9.92. The first kappa shape index (κ1) is 30.1. The highest BCUT2D eigenvalue weighted by atomic mass is 32.2. The van der Waals surface area contributed by atoms with Crippen molar-refractivity contribution in [2.24, 2.45) is 5.11 Å². The Morgan fingerprint density at radius 2 is 1.40 bits per heavy atom. The summed E-state index contributed by atoms with van der Waals surface area (Å²) in [5.41, 5.74) is 11.7. The largest absolute Gasteiger partial charge is 0.294 e. The summed E-state index contributed by atoms with van der Waals surface area (Å²) in [6, 6.07) is 37.4. The zero-order valence-corrected chi connectivity index (χ0v) is 25.0. The number of sulfone groups is 1. The van der Waals surface area contributed by atoms with Crippen LogP contribution in [0.25, 0.3) is 21.2 Å². The smallest absolute Gasteiger partial charge is 0.185 e. The van der Waals surface area contributed by atoms with Crippen molar-refractivity contribution in [1.82, 2.24) is 4.90 Å². The van der Waals surface area contributed by atoms with Crippen molar-refractivity contribution in [1.29, 1.82) is 0 Å². The molecule has 0 radical (unpaired) electrons. The van der Waals surface area contributed by atoms with Crippen LogP contribution in [0, 0.1) is 0 Å². The second-order valence-corrected chi connectivity index (χ2v) is 13.2. The summed E-state index contributed by atoms with van der Waals surface area (Å²) in [6.07, 6.45) is 0. The number of fused-ring (bicyclic) bond motifs is 1. The standard InChI is InChI=1S/C34H30N4O3S2/c35-37-36-29-17-13-26(14-18-29)23-38(21-22-42-30-9-2-1-3-10-30)24-27-15-19-31(20-16-27)43(40,41)25-34(39)33-12-6-8-28-7-4-5-11-32(28)33/h1-20H,21-25H2. The molecule has 0 saturated carbocycles. The Balaban J connectivity index is 1.28. The number of rotatable bonds is 13. The van der Waals surface area contributed by atoms with Crippen LogP contribution in [-0.2, 0) is 22.9 Å². The third-order valence-corrected chi connectivity index (χ3v) is 9.65. The van der Waals surface area contributed by atoms with Gasteiger partial charge in [-0.15, -0.1) is 11.8 Å². The van der Waals surface area contributed by atoms with Crippen LogP contribution >= 0.6 is 11.8 Å². The summed E-state index contributed by atoms with van der Waals surface area (Å²) in [7, 11) is -3.82. The van der Waals surface area contributed by atoms with Crippen molar-refractivity contribution in [3.8, 4) is 0 Å². The molecule has 0 N–H and O–H groups in total. The maximum atomic E-state index is 13.2. The summed E-state index contributed by atoms with van der Waals surface area (Å²) < 4.78 is 26.4. The van der Waals surface area contributed by atoms with Crippen molar-refractivity contribution in [2.75, 3.05) is 18.1 Å². The second kappa shape index (κ2) is 14.2. The highest BCUT2D eigenvalue weighted by molar-refractivity contribution is 7.99. The first-order valence-electron chi connectivity index (χ1n) is 13.8. The average molecular weight is 607 g/mol. The molecule has 7 nitrogen and oxygen atoms in total. The van der Waals surface area contributed by atoms with Gasteiger partial charge in [0, 0.05) is 46.4 Å². The quantitative estimate of drug-likeness (QED) is 0.0441. The number of benzene rings is 5. The van der Waals surface area contributed by atoms with Crippen molar-refractivity contribution < 1.29 is 13.2 Å². The van der Waals surface area contributed by atoms with E-state index < -0.39 is 21.4 Å². The van der Waals surface area contributed by atoms with E-state index in [0.29, 0.717) is 24.3 Å². The lowest BCUT2D eigenvalue weighted by molar-refractivity contribution is 0.102. The predicted molar refractivity (Wildman–Crippen MR) is 173 cm³/mol. The normalized spacial score (nSPS) is 11.4. The minimum absolute atomic E-state index is 0.129. The molecule has 216 valence electrons. The molecule has 0 aliphatic carbocycles. The van der Waals surface area contributed by atoms with E-state index in [1.54, 1.807) is 48.2 Å². The molecule has 0 aliphatic rings. The first-order valence-corrected chi connectivity index (χ1v) is 16.4. The SMILES string of the molecule is [N-]=[N+]=Nc1ccc(CN(CCSc2ccccc2)Cc2ccc(S(=O)(=O)CC(=O)c3cccc4ccccc34)cc2)cc1. The molecule has 0 spiro atoms. The highest BCUT2D eigenvalue weighted by Crippen LogP contribution is 2.23. The number of ketones is 1. The summed E-state index contributed by atoms with van der Waals surface area (Å²) >= 11 is 1.78. The van der Waals surface area contributed by atoms with Crippen LogP contribution in [0.3, 0.4) is 0 Å². The van der Waals surface area contributed by atoms with Gasteiger partial charge in [-0.3, -0.25) is 9.69 Å². The summed E-state index contributed by atoms with van der Waals surface area (Å²) in [4.78, 5) is 19.6. The topological polar surface area (TPSA) is 103 Å². The van der Waals surface area contributed by atoms with Crippen molar-refractivity contribution in [3.63, 3.8) is 0 Å². The number of thioether (sulfide) groups is 1. The molecular weight excluding hydrogens is 577 g/mol. The molecule has 5 aromatic rings. The molecule has 0 saturated heterocycles. The molecule has 0 heterocycles. The summed E-state index contributed by atoms with van der Waals surface area (Å²) in [5, 5.41) is 5.29. The van der Waals surface area contributed by atoms with E-state index in [4.69, 9.17) is 5.53 Å². The zero-order chi connectivity index (χ0) is 30.1. The third kappa shape index (κ3) is 8.12. The van der Waals surface area contributed by atoms with Gasteiger partial charge in [-0.1, -0.05) is 102 Å². The Hall–Kier alpha value is -4.40. The highest BCUT2D eigenvalue weighted by Gasteiger charge is 2.22. The molecule has 0 amide bonds. The Labute approximate surface area is 255 Å². The summed E-state index contributed by atoms with van der Waals surface area (Å²) in [6.45, 7) is 2.09. The van der Waals surface area contributed by atoms with E-state index in [1.807, 2.05) is 72.8 Å². The van der Waals surface area contributed by atoms with Crippen LogP contribution in [0.5, 0.6) is 0 Å². The van der Waals surface area contributed by atoms with Crippen LogP contribution < -0.4 is 0 Å². The van der Waals surface area contributed by atoms with Crippen molar-refractivity contribution in [2.45, 2.75) is 22.9 Å². The van der Waals surface area contributed by atoms with Gasteiger partial charge in [0.05, 0.1) is 4.90 Å². The van der Waals surface area contributed by atoms with E-state index in [2.05, 4.69) is 27.1 Å². The average Bonchev–Trinajstić information content (AvgIpc) is 3.02. The van der Waals surface area contributed by atoms with Gasteiger partial charge >= 0.3 is 0 Å². The van der Waals surface area contributed by atoms with Gasteiger partial charge in [-0.25, -0.2) is 8.42 Å². The first-order chi connectivity index (χ1) is 20.9. The summed E-state index contributed by atoms with van der Waals surface area (Å²) in [5.74, 6) is -0.132. The molecule has 9 heteroatoms. The number of hydrogen-bond acceptors (Lipinski definition) is 6. The Morgan fingerprint density at radius 3 is 2.09 bits per heavy atom. The molecule has 0 aromatic heterocycles. The van der Waals surface area contributed by atoms with Gasteiger partial charge in [0.15, 0.2) is 15.6 Å². The van der Waals surface area contributed by atoms with Gasteiger partial charge in [-0.05, 0) is 51.7 Å². The fourth-order valence-electron chi connectivity index (χ4n) is 4.86. The van der Waals surface area contributed by atoms with Crippen molar-refractivity contribution >= 4 is 43.8 Å². The van der Waals surface area contributed by atoms with E-state index in [1.165, 1.54) is 4.90 Å². The number of carbonyl (C=O) groups excluding carboxylic acids is 1. The van der Waals surface area contributed by atoms with Crippen molar-refractivity contribution in [3.05, 3.63) is 148 Å². The number of hydrogen-bond donors (Lipinski definition) is 0. The van der Waals surface area contributed by atoms with Gasteiger partial charge in [0.25, 0.3) is 0 Å². The van der Waals surface area contributed by atoms with Crippen LogP contribution in [0.1, 0.15) is 21.5 Å². The number of Topliss-reactive ketones (excluding diaryl/α,β-unsaturated/α-hetero) is 1. The molecule has 0 unspecified atom stereocenters. The third-order valence-electron chi connectivity index (χ3n) is 7.02. The van der Waals surface area contributed by atoms with Gasteiger partial charge < -0.3 is 0 Å². The zero-order valence-electron chi connectivity index (χ0n) is 23.4. The molecule has 0 bridgehead atoms. The number of carbonyl (C=O) groups is 1. The minimum atomic E-state index is -3.82. The molecule has 0 aliphatic heterocycles. The molecule has 0 atom stereocenters. The maximum Gasteiger partial charge on any atom is 0.185 e. The van der Waals surface area contributed by atoms with Crippen LogP contribution in [0.15, 0.2) is 136 Å². The molecule has 5 aromatic carbocycles. The van der Waals surface area contributed by atoms with E-state index >= 15 is 0 Å². The fraction of sp³-hybridized carbons (Fsp3) is 0.147.